The van der Waals surface area contributed by atoms with Crippen molar-refractivity contribution in [3.05, 3.63) is 92.8 Å². The first-order valence-corrected chi connectivity index (χ1v) is 14.4. The lowest BCUT2D eigenvalue weighted by Crippen LogP contribution is -2.31. The second-order valence-electron chi connectivity index (χ2n) is 11.2. The fourth-order valence-corrected chi connectivity index (χ4v) is 4.90. The minimum Gasteiger partial charge on any atom is -0.497 e. The molecular weight excluding hydrogens is 599 g/mol. The summed E-state index contributed by atoms with van der Waals surface area (Å²) in [7, 11) is 1.49. The Labute approximate surface area is 258 Å². The number of fused-ring (bicyclic) bond motifs is 1. The van der Waals surface area contributed by atoms with E-state index in [2.05, 4.69) is 0 Å². The van der Waals surface area contributed by atoms with Crippen molar-refractivity contribution in [2.75, 3.05) is 20.2 Å². The van der Waals surface area contributed by atoms with Crippen LogP contribution in [0.15, 0.2) is 69.9 Å². The predicted molar refractivity (Wildman–Crippen MR) is 162 cm³/mol. The van der Waals surface area contributed by atoms with Gasteiger partial charge in [0.25, 0.3) is 5.76 Å². The molecule has 0 amide bonds. The molecule has 0 unspecified atom stereocenters. The average molecular weight is 632 g/mol. The third-order valence-corrected chi connectivity index (χ3v) is 6.78. The van der Waals surface area contributed by atoms with Crippen molar-refractivity contribution in [3.8, 4) is 23.0 Å². The van der Waals surface area contributed by atoms with Crippen LogP contribution in [0.4, 0.5) is 13.2 Å². The number of hydrogen-bond acceptors (Lipinski definition) is 7. The van der Waals surface area contributed by atoms with Crippen molar-refractivity contribution in [2.45, 2.75) is 40.4 Å². The molecule has 0 fully saturated rings. The van der Waals surface area contributed by atoms with Crippen LogP contribution in [0, 0.1) is 11.8 Å². The molecule has 3 aromatic carbocycles. The lowest BCUT2D eigenvalue weighted by Gasteiger charge is -2.27. The van der Waals surface area contributed by atoms with Crippen molar-refractivity contribution in [2.24, 2.45) is 11.8 Å². The zero-order chi connectivity index (χ0) is 32.2. The predicted octanol–water partition coefficient (Wildman–Crippen LogP) is 8.60. The topological polar surface area (TPSA) is 78.2 Å². The molecule has 44 heavy (non-hydrogen) atoms. The first-order chi connectivity index (χ1) is 20.8. The fraction of sp³-hybridized carbons (Fsp3) is 0.333. The van der Waals surface area contributed by atoms with Crippen LogP contribution in [0.25, 0.3) is 11.0 Å². The summed E-state index contributed by atoms with van der Waals surface area (Å²) in [6.45, 7) is 9.30. The van der Waals surface area contributed by atoms with Gasteiger partial charge in [0.2, 0.25) is 11.2 Å². The van der Waals surface area contributed by atoms with Crippen LogP contribution in [-0.2, 0) is 12.7 Å². The Morgan fingerprint density at radius 2 is 1.50 bits per heavy atom. The molecule has 0 aliphatic carbocycles. The van der Waals surface area contributed by atoms with Crippen molar-refractivity contribution < 1.29 is 36.6 Å². The van der Waals surface area contributed by atoms with Gasteiger partial charge in [-0.1, -0.05) is 39.3 Å². The highest BCUT2D eigenvalue weighted by Gasteiger charge is 2.41. The van der Waals surface area contributed by atoms with Crippen LogP contribution in [0.5, 0.6) is 23.0 Å². The molecule has 0 saturated carbocycles. The van der Waals surface area contributed by atoms with Gasteiger partial charge in [0, 0.05) is 24.7 Å². The minimum atomic E-state index is -5.09. The van der Waals surface area contributed by atoms with Gasteiger partial charge in [-0.15, -0.1) is 0 Å². The highest BCUT2D eigenvalue weighted by Crippen LogP contribution is 2.40. The number of rotatable bonds is 11. The first kappa shape index (κ1) is 32.9. The molecule has 234 valence electrons. The fourth-order valence-electron chi connectivity index (χ4n) is 4.77. The highest BCUT2D eigenvalue weighted by atomic mass is 35.5. The molecule has 0 aliphatic rings. The average Bonchev–Trinajstić information content (AvgIpc) is 2.95. The van der Waals surface area contributed by atoms with E-state index in [1.165, 1.54) is 55.6 Å². The smallest absolute Gasteiger partial charge is 0.453 e. The number of carbonyl (C=O) groups is 1. The number of benzene rings is 3. The van der Waals surface area contributed by atoms with E-state index in [1.54, 1.807) is 12.1 Å². The molecule has 0 bridgehead atoms. The summed E-state index contributed by atoms with van der Waals surface area (Å²) in [6, 6.07) is 14.4. The van der Waals surface area contributed by atoms with E-state index < -0.39 is 29.1 Å². The molecule has 4 rings (SSSR count). The Morgan fingerprint density at radius 1 is 0.909 bits per heavy atom. The van der Waals surface area contributed by atoms with Crippen molar-refractivity contribution in [3.63, 3.8) is 0 Å². The van der Waals surface area contributed by atoms with Crippen LogP contribution in [-0.4, -0.2) is 31.1 Å². The third kappa shape index (κ3) is 7.92. The second kappa shape index (κ2) is 13.7. The molecule has 0 aliphatic heterocycles. The number of methoxy groups -OCH3 is 1. The number of alkyl halides is 3. The van der Waals surface area contributed by atoms with E-state index >= 15 is 0 Å². The maximum absolute atomic E-state index is 14.4. The summed E-state index contributed by atoms with van der Waals surface area (Å²) in [5, 5.41) is 0.183. The molecule has 4 aromatic rings. The normalized spacial score (nSPS) is 11.9. The van der Waals surface area contributed by atoms with Crippen LogP contribution in [0.2, 0.25) is 5.02 Å². The Hall–Kier alpha value is -4.02. The summed E-state index contributed by atoms with van der Waals surface area (Å²) < 4.78 is 65.1. The first-order valence-electron chi connectivity index (χ1n) is 14.0. The molecule has 0 radical (unpaired) electrons. The number of halogens is 4. The third-order valence-electron chi connectivity index (χ3n) is 6.53. The number of hydrogen-bond donors (Lipinski definition) is 0. The molecular formula is C33H33ClF3NO6. The number of nitrogens with zero attached hydrogens (tertiary/aromatic N) is 1. The summed E-state index contributed by atoms with van der Waals surface area (Å²) in [4.78, 5) is 28.8. The summed E-state index contributed by atoms with van der Waals surface area (Å²) >= 11 is 5.89. The monoisotopic (exact) mass is 631 g/mol. The zero-order valence-corrected chi connectivity index (χ0v) is 25.7. The van der Waals surface area contributed by atoms with Crippen LogP contribution >= 0.6 is 11.6 Å². The maximum Gasteiger partial charge on any atom is 0.453 e. The van der Waals surface area contributed by atoms with Gasteiger partial charge in [0.1, 0.15) is 22.8 Å². The zero-order valence-electron chi connectivity index (χ0n) is 25.0. The van der Waals surface area contributed by atoms with Gasteiger partial charge in [-0.05, 0) is 72.5 Å². The highest BCUT2D eigenvalue weighted by molar-refractivity contribution is 6.30. The van der Waals surface area contributed by atoms with Crippen LogP contribution < -0.4 is 19.6 Å². The van der Waals surface area contributed by atoms with Crippen molar-refractivity contribution in [1.29, 1.82) is 0 Å². The molecule has 0 atom stereocenters. The molecule has 0 spiro atoms. The van der Waals surface area contributed by atoms with E-state index in [1.807, 2.05) is 32.6 Å². The molecule has 7 nitrogen and oxygen atoms in total. The number of carbonyl (C=O) groups excluding carboxylic acids is 1. The largest absolute Gasteiger partial charge is 0.497 e. The lowest BCUT2D eigenvalue weighted by molar-refractivity contribution is -0.154. The summed E-state index contributed by atoms with van der Waals surface area (Å²) in [6.07, 6.45) is -5.09. The van der Waals surface area contributed by atoms with Gasteiger partial charge in [-0.3, -0.25) is 9.69 Å². The van der Waals surface area contributed by atoms with Crippen LogP contribution in [0.3, 0.4) is 0 Å². The molecule has 0 N–H and O–H groups in total. The van der Waals surface area contributed by atoms with Crippen molar-refractivity contribution in [1.82, 2.24) is 4.90 Å². The minimum absolute atomic E-state index is 0.0292. The molecule has 1 aromatic heterocycles. The quantitative estimate of drug-likeness (QED) is 0.121. The van der Waals surface area contributed by atoms with E-state index in [0.717, 1.165) is 0 Å². The SMILES string of the molecule is COc1ccc(C(=O)Oc2ccc3c(=O)c(Oc4ccc(Cl)cc4)c(C(F)(F)F)oc3c2CN(CC(C)C)CC(C)C)cc1. The van der Waals surface area contributed by atoms with E-state index in [0.29, 0.717) is 23.9 Å². The van der Waals surface area contributed by atoms with Gasteiger partial charge in [0.05, 0.1) is 23.6 Å². The Morgan fingerprint density at radius 3 is 2.05 bits per heavy atom. The van der Waals surface area contributed by atoms with E-state index in [4.69, 9.17) is 30.2 Å². The molecule has 1 heterocycles. The number of ether oxygens (including phenoxy) is 3. The van der Waals surface area contributed by atoms with Gasteiger partial charge in [0.15, 0.2) is 0 Å². The van der Waals surface area contributed by atoms with Gasteiger partial charge < -0.3 is 18.6 Å². The van der Waals surface area contributed by atoms with Crippen molar-refractivity contribution >= 4 is 28.5 Å². The lowest BCUT2D eigenvalue weighted by atomic mass is 10.1. The van der Waals surface area contributed by atoms with E-state index in [-0.39, 0.29) is 52.0 Å². The standard InChI is InChI=1S/C33H33ClF3NO6/c1-19(2)16-38(17-20(3)4)18-26-27(43-32(40)21-6-10-23(41-5)11-7-21)15-14-25-28(39)30(31(33(35,36)37)44-29(25)26)42-24-12-8-22(34)9-13-24/h6-15,19-20H,16-18H2,1-5H3. The Balaban J connectivity index is 1.91. The van der Waals surface area contributed by atoms with E-state index in [9.17, 15) is 22.8 Å². The number of esters is 1. The summed E-state index contributed by atoms with van der Waals surface area (Å²) in [5.74, 6) is -2.46. The Kier molecular flexibility index (Phi) is 10.3. The van der Waals surface area contributed by atoms with Gasteiger partial charge >= 0.3 is 12.1 Å². The molecule has 0 saturated heterocycles. The maximum atomic E-state index is 14.4. The molecule has 11 heteroatoms. The van der Waals surface area contributed by atoms with Crippen LogP contribution in [0.1, 0.15) is 49.4 Å². The van der Waals surface area contributed by atoms with Gasteiger partial charge in [-0.25, -0.2) is 4.79 Å². The Bertz CT molecular complexity index is 1660. The second-order valence-corrected chi connectivity index (χ2v) is 11.6. The summed E-state index contributed by atoms with van der Waals surface area (Å²) in [5.41, 5.74) is -1.04. The van der Waals surface area contributed by atoms with Gasteiger partial charge in [-0.2, -0.15) is 13.2 Å².